The van der Waals surface area contributed by atoms with Crippen molar-refractivity contribution in [1.29, 1.82) is 0 Å². The summed E-state index contributed by atoms with van der Waals surface area (Å²) >= 11 is 0. The van der Waals surface area contributed by atoms with Gasteiger partial charge in [0.1, 0.15) is 5.82 Å². The van der Waals surface area contributed by atoms with E-state index in [2.05, 4.69) is 29.0 Å². The third-order valence-corrected chi connectivity index (χ3v) is 3.37. The number of anilines is 1. The summed E-state index contributed by atoms with van der Waals surface area (Å²) in [5.41, 5.74) is 6.80. The lowest BCUT2D eigenvalue weighted by Crippen LogP contribution is -2.55. The number of nitrogens with one attached hydrogen (secondary N) is 1. The van der Waals surface area contributed by atoms with Crippen LogP contribution in [0.15, 0.2) is 18.3 Å². The van der Waals surface area contributed by atoms with Crippen LogP contribution in [-0.4, -0.2) is 34.9 Å². The zero-order chi connectivity index (χ0) is 13.8. The summed E-state index contributed by atoms with van der Waals surface area (Å²) < 4.78 is 0. The maximum absolute atomic E-state index is 12.0. The molecule has 1 atom stereocenters. The average Bonchev–Trinajstić information content (AvgIpc) is 2.33. The quantitative estimate of drug-likeness (QED) is 0.849. The lowest BCUT2D eigenvalue weighted by molar-refractivity contribution is -0.130. The molecule has 3 N–H and O–H groups in total. The number of carbonyl (C=O) groups is 1. The van der Waals surface area contributed by atoms with Gasteiger partial charge in [-0.1, -0.05) is 13.8 Å². The molecule has 1 fully saturated rings. The van der Waals surface area contributed by atoms with Crippen molar-refractivity contribution in [1.82, 2.24) is 15.2 Å². The van der Waals surface area contributed by atoms with Crippen molar-refractivity contribution in [2.24, 2.45) is 5.92 Å². The topological polar surface area (TPSA) is 71.2 Å². The first-order chi connectivity index (χ1) is 9.06. The number of amides is 1. The molecule has 2 heterocycles. The van der Waals surface area contributed by atoms with E-state index in [1.54, 1.807) is 6.20 Å². The molecule has 1 aromatic rings. The molecule has 0 saturated carbocycles. The van der Waals surface area contributed by atoms with Crippen molar-refractivity contribution in [3.05, 3.63) is 23.9 Å². The number of nitrogens with zero attached hydrogens (tertiary/aromatic N) is 2. The summed E-state index contributed by atoms with van der Waals surface area (Å²) in [6, 6.07) is 3.79. The van der Waals surface area contributed by atoms with Crippen molar-refractivity contribution in [3.63, 3.8) is 0 Å². The molecular formula is C14H22N4O. The van der Waals surface area contributed by atoms with Gasteiger partial charge in [0.05, 0.1) is 6.04 Å². The Morgan fingerprint density at radius 3 is 3.05 bits per heavy atom. The van der Waals surface area contributed by atoms with Crippen LogP contribution in [0.2, 0.25) is 0 Å². The Hall–Kier alpha value is -1.62. The number of hydrogen-bond donors (Lipinski definition) is 2. The second kappa shape index (κ2) is 6.02. The number of nitrogens with two attached hydrogens (primary N) is 1. The minimum absolute atomic E-state index is 0.0388. The van der Waals surface area contributed by atoms with Crippen molar-refractivity contribution < 1.29 is 4.79 Å². The third kappa shape index (κ3) is 3.67. The van der Waals surface area contributed by atoms with Crippen LogP contribution in [0.25, 0.3) is 0 Å². The summed E-state index contributed by atoms with van der Waals surface area (Å²) in [7, 11) is 0. The van der Waals surface area contributed by atoms with Gasteiger partial charge in [0.2, 0.25) is 5.91 Å². The van der Waals surface area contributed by atoms with Crippen LogP contribution in [-0.2, 0) is 11.3 Å². The van der Waals surface area contributed by atoms with Gasteiger partial charge in [-0.2, -0.15) is 0 Å². The van der Waals surface area contributed by atoms with Crippen molar-refractivity contribution in [2.45, 2.75) is 32.9 Å². The van der Waals surface area contributed by atoms with Gasteiger partial charge < -0.3 is 11.1 Å². The van der Waals surface area contributed by atoms with Gasteiger partial charge in [0.15, 0.2) is 0 Å². The number of pyridine rings is 1. The monoisotopic (exact) mass is 262 g/mol. The van der Waals surface area contributed by atoms with E-state index < -0.39 is 0 Å². The van der Waals surface area contributed by atoms with E-state index in [4.69, 9.17) is 5.73 Å². The lowest BCUT2D eigenvalue weighted by Gasteiger charge is -2.36. The van der Waals surface area contributed by atoms with E-state index in [0.717, 1.165) is 25.1 Å². The first-order valence-corrected chi connectivity index (χ1v) is 6.78. The molecule has 2 rings (SSSR count). The van der Waals surface area contributed by atoms with E-state index in [-0.39, 0.29) is 11.9 Å². The second-order valence-electron chi connectivity index (χ2n) is 5.50. The average molecular weight is 262 g/mol. The summed E-state index contributed by atoms with van der Waals surface area (Å²) in [6.45, 7) is 6.63. The van der Waals surface area contributed by atoms with Gasteiger partial charge in [0.25, 0.3) is 0 Å². The first-order valence-electron chi connectivity index (χ1n) is 6.78. The maximum Gasteiger partial charge on any atom is 0.237 e. The zero-order valence-corrected chi connectivity index (χ0v) is 11.6. The molecule has 104 valence electrons. The van der Waals surface area contributed by atoms with E-state index in [0.29, 0.717) is 18.3 Å². The Morgan fingerprint density at radius 1 is 1.58 bits per heavy atom. The molecule has 1 aromatic heterocycles. The number of nitrogen functional groups attached to an aromatic ring is 1. The molecule has 1 unspecified atom stereocenters. The van der Waals surface area contributed by atoms with Gasteiger partial charge >= 0.3 is 0 Å². The molecule has 19 heavy (non-hydrogen) atoms. The molecule has 0 bridgehead atoms. The summed E-state index contributed by atoms with van der Waals surface area (Å²) in [5.74, 6) is 1.17. The smallest absolute Gasteiger partial charge is 0.237 e. The Labute approximate surface area is 114 Å². The molecule has 0 aliphatic carbocycles. The Bertz CT molecular complexity index is 447. The Balaban J connectivity index is 2.09. The lowest BCUT2D eigenvalue weighted by atomic mass is 9.99. The fraction of sp³-hybridized carbons (Fsp3) is 0.571. The molecular weight excluding hydrogens is 240 g/mol. The molecule has 1 saturated heterocycles. The largest absolute Gasteiger partial charge is 0.384 e. The second-order valence-corrected chi connectivity index (χ2v) is 5.50. The highest BCUT2D eigenvalue weighted by atomic mass is 16.2. The molecule has 1 amide bonds. The number of aromatic nitrogens is 1. The number of piperazine rings is 1. The minimum atomic E-state index is -0.0388. The molecule has 1 aliphatic heterocycles. The van der Waals surface area contributed by atoms with Gasteiger partial charge in [-0.3, -0.25) is 9.69 Å². The fourth-order valence-corrected chi connectivity index (χ4v) is 2.48. The molecule has 0 aromatic carbocycles. The van der Waals surface area contributed by atoms with Gasteiger partial charge in [-0.05, 0) is 30.0 Å². The minimum Gasteiger partial charge on any atom is -0.384 e. The number of hydrogen-bond acceptors (Lipinski definition) is 4. The molecule has 5 heteroatoms. The highest BCUT2D eigenvalue weighted by Crippen LogP contribution is 2.17. The van der Waals surface area contributed by atoms with Gasteiger partial charge in [0, 0.05) is 25.8 Å². The zero-order valence-electron chi connectivity index (χ0n) is 11.6. The number of carbonyl (C=O) groups excluding carboxylic acids is 1. The summed E-state index contributed by atoms with van der Waals surface area (Å²) in [4.78, 5) is 18.2. The number of rotatable bonds is 4. The molecule has 5 nitrogen and oxygen atoms in total. The Morgan fingerprint density at radius 2 is 2.37 bits per heavy atom. The van der Waals surface area contributed by atoms with E-state index >= 15 is 0 Å². The van der Waals surface area contributed by atoms with Gasteiger partial charge in [-0.15, -0.1) is 0 Å². The van der Waals surface area contributed by atoms with Crippen LogP contribution >= 0.6 is 0 Å². The summed E-state index contributed by atoms with van der Waals surface area (Å²) in [5, 5.41) is 2.95. The van der Waals surface area contributed by atoms with Crippen LogP contribution < -0.4 is 11.1 Å². The van der Waals surface area contributed by atoms with E-state index in [1.807, 2.05) is 12.1 Å². The molecule has 0 radical (unpaired) electrons. The maximum atomic E-state index is 12.0. The molecule has 0 spiro atoms. The highest BCUT2D eigenvalue weighted by Gasteiger charge is 2.29. The predicted octanol–water partition coefficient (Wildman–Crippen LogP) is 1.01. The van der Waals surface area contributed by atoms with Crippen molar-refractivity contribution >= 4 is 11.7 Å². The van der Waals surface area contributed by atoms with Crippen molar-refractivity contribution in [2.75, 3.05) is 18.8 Å². The van der Waals surface area contributed by atoms with Crippen LogP contribution in [0.3, 0.4) is 0 Å². The highest BCUT2D eigenvalue weighted by molar-refractivity contribution is 5.82. The third-order valence-electron chi connectivity index (χ3n) is 3.37. The molecule has 1 aliphatic rings. The van der Waals surface area contributed by atoms with Crippen LogP contribution in [0.4, 0.5) is 5.82 Å². The fourth-order valence-electron chi connectivity index (χ4n) is 2.48. The van der Waals surface area contributed by atoms with Crippen LogP contribution in [0.1, 0.15) is 25.8 Å². The van der Waals surface area contributed by atoms with E-state index in [9.17, 15) is 4.79 Å². The van der Waals surface area contributed by atoms with Crippen molar-refractivity contribution in [3.8, 4) is 0 Å². The first kappa shape index (κ1) is 13.8. The van der Waals surface area contributed by atoms with E-state index in [1.165, 1.54) is 0 Å². The normalized spacial score (nSPS) is 20.6. The predicted molar refractivity (Wildman–Crippen MR) is 75.3 cm³/mol. The summed E-state index contributed by atoms with van der Waals surface area (Å²) in [6.07, 6.45) is 2.60. The Kier molecular flexibility index (Phi) is 4.37. The standard InChI is InChI=1S/C14H22N4O/c1-10(2)7-12-14(19)17-5-6-18(12)9-11-3-4-16-13(15)8-11/h3-4,8,10,12H,5-7,9H2,1-2H3,(H2,15,16)(H,17,19). The van der Waals surface area contributed by atoms with Crippen LogP contribution in [0.5, 0.6) is 0 Å². The SMILES string of the molecule is CC(C)CC1C(=O)NCCN1Cc1ccnc(N)c1. The van der Waals surface area contributed by atoms with Crippen LogP contribution in [0, 0.1) is 5.92 Å². The van der Waals surface area contributed by atoms with Gasteiger partial charge in [-0.25, -0.2) is 4.98 Å².